The van der Waals surface area contributed by atoms with Gasteiger partial charge in [0.15, 0.2) is 0 Å². The van der Waals surface area contributed by atoms with Crippen molar-refractivity contribution in [2.75, 3.05) is 25.0 Å². The Morgan fingerprint density at radius 2 is 1.92 bits per heavy atom. The van der Waals surface area contributed by atoms with Crippen LogP contribution in [0.2, 0.25) is 0 Å². The Hall–Kier alpha value is -4.35. The number of aromatic nitrogens is 2. The summed E-state index contributed by atoms with van der Waals surface area (Å²) in [6.45, 7) is 6.74. The lowest BCUT2D eigenvalue weighted by Gasteiger charge is -2.22. The van der Waals surface area contributed by atoms with Crippen molar-refractivity contribution in [3.8, 4) is 17.6 Å². The van der Waals surface area contributed by atoms with E-state index in [0.717, 1.165) is 36.5 Å². The van der Waals surface area contributed by atoms with E-state index in [9.17, 15) is 10.1 Å². The van der Waals surface area contributed by atoms with Crippen LogP contribution in [-0.4, -0.2) is 46.1 Å². The molecule has 1 aliphatic heterocycles. The Bertz CT molecular complexity index is 1440. The molecule has 2 aromatic carbocycles. The summed E-state index contributed by atoms with van der Waals surface area (Å²) in [7, 11) is 0. The van der Waals surface area contributed by atoms with Crippen LogP contribution in [0.25, 0.3) is 5.52 Å². The average molecular weight is 495 g/mol. The first-order chi connectivity index (χ1) is 18.1. The third kappa shape index (κ3) is 5.13. The highest BCUT2D eigenvalue weighted by atomic mass is 16.5. The van der Waals surface area contributed by atoms with Gasteiger partial charge in [-0.15, -0.1) is 0 Å². The number of benzene rings is 2. The summed E-state index contributed by atoms with van der Waals surface area (Å²) in [6.07, 6.45) is 5.51. The second-order valence-electron chi connectivity index (χ2n) is 9.21. The number of nitriles is 1. The third-order valence-electron chi connectivity index (χ3n) is 6.93. The number of fused-ring (bicyclic) bond motifs is 1. The van der Waals surface area contributed by atoms with Crippen molar-refractivity contribution in [3.63, 3.8) is 0 Å². The Morgan fingerprint density at radius 1 is 1.16 bits per heavy atom. The highest BCUT2D eigenvalue weighted by Crippen LogP contribution is 2.31. The summed E-state index contributed by atoms with van der Waals surface area (Å²) >= 11 is 0. The molecule has 8 heteroatoms. The minimum absolute atomic E-state index is 0.127. The summed E-state index contributed by atoms with van der Waals surface area (Å²) in [6, 6.07) is 19.7. The van der Waals surface area contributed by atoms with Crippen molar-refractivity contribution in [1.82, 2.24) is 19.8 Å². The van der Waals surface area contributed by atoms with Gasteiger partial charge in [0.1, 0.15) is 17.6 Å². The normalized spacial score (nSPS) is 15.4. The number of hydrogen-bond acceptors (Lipinski definition) is 6. The molecular formula is C29H30N6O2. The number of carbonyl (C=O) groups is 1. The van der Waals surface area contributed by atoms with Gasteiger partial charge < -0.3 is 15.4 Å². The van der Waals surface area contributed by atoms with Crippen molar-refractivity contribution in [2.45, 2.75) is 32.7 Å². The van der Waals surface area contributed by atoms with Crippen LogP contribution in [-0.2, 0) is 0 Å². The molecule has 0 saturated carbocycles. The summed E-state index contributed by atoms with van der Waals surface area (Å²) in [5.41, 5.74) is 3.82. The van der Waals surface area contributed by atoms with Crippen LogP contribution in [0, 0.1) is 18.3 Å². The average Bonchev–Trinajstić information content (AvgIpc) is 3.53. The molecule has 1 aliphatic rings. The molecule has 0 aliphatic carbocycles. The van der Waals surface area contributed by atoms with Gasteiger partial charge >= 0.3 is 0 Å². The van der Waals surface area contributed by atoms with Crippen LogP contribution >= 0.6 is 0 Å². The summed E-state index contributed by atoms with van der Waals surface area (Å²) in [5.74, 6) is 1.34. The van der Waals surface area contributed by atoms with E-state index < -0.39 is 0 Å². The molecular weight excluding hydrogens is 464 g/mol. The minimum Gasteiger partial charge on any atom is -0.457 e. The van der Waals surface area contributed by atoms with Crippen molar-refractivity contribution in [2.24, 2.45) is 0 Å². The maximum Gasteiger partial charge on any atom is 0.253 e. The van der Waals surface area contributed by atoms with Gasteiger partial charge in [-0.05, 0) is 74.8 Å². The molecule has 0 radical (unpaired) electrons. The fraction of sp³-hybridized carbons (Fsp3) is 0.276. The van der Waals surface area contributed by atoms with Crippen molar-refractivity contribution in [3.05, 3.63) is 83.7 Å². The second-order valence-corrected chi connectivity index (χ2v) is 9.21. The lowest BCUT2D eigenvalue weighted by Crippen LogP contribution is -2.40. The number of likely N-dealkylation sites (tertiary alicyclic amines) is 1. The topological polar surface area (TPSA) is 94.7 Å². The Morgan fingerprint density at radius 3 is 2.65 bits per heavy atom. The van der Waals surface area contributed by atoms with Gasteiger partial charge in [-0.1, -0.05) is 25.1 Å². The monoisotopic (exact) mass is 494 g/mol. The van der Waals surface area contributed by atoms with Gasteiger partial charge in [-0.2, -0.15) is 10.4 Å². The van der Waals surface area contributed by atoms with E-state index in [1.54, 1.807) is 10.7 Å². The molecule has 1 fully saturated rings. The van der Waals surface area contributed by atoms with Crippen molar-refractivity contribution in [1.29, 1.82) is 5.26 Å². The first-order valence-electron chi connectivity index (χ1n) is 12.6. The number of hydrogen-bond donors (Lipinski definition) is 2. The second kappa shape index (κ2) is 10.7. The molecule has 3 heterocycles. The Labute approximate surface area is 216 Å². The maximum absolute atomic E-state index is 13.1. The molecule has 188 valence electrons. The number of carbonyl (C=O) groups excluding carboxylic acids is 1. The molecule has 1 atom stereocenters. The lowest BCUT2D eigenvalue weighted by atomic mass is 10.1. The zero-order valence-corrected chi connectivity index (χ0v) is 21.1. The van der Waals surface area contributed by atoms with Gasteiger partial charge in [0, 0.05) is 24.5 Å². The predicted molar refractivity (Wildman–Crippen MR) is 143 cm³/mol. The van der Waals surface area contributed by atoms with Crippen molar-refractivity contribution < 1.29 is 9.53 Å². The van der Waals surface area contributed by atoms with Crippen LogP contribution in [0.15, 0.2) is 67.0 Å². The Balaban J connectivity index is 1.38. The van der Waals surface area contributed by atoms with Crippen LogP contribution in [0.1, 0.15) is 41.3 Å². The van der Waals surface area contributed by atoms with E-state index in [1.807, 2.05) is 61.5 Å². The molecule has 4 aromatic rings. The molecule has 8 nitrogen and oxygen atoms in total. The molecule has 0 bridgehead atoms. The molecule has 0 spiro atoms. The van der Waals surface area contributed by atoms with E-state index in [2.05, 4.69) is 33.6 Å². The van der Waals surface area contributed by atoms with Gasteiger partial charge in [0.2, 0.25) is 0 Å². The van der Waals surface area contributed by atoms with Crippen LogP contribution in [0.3, 0.4) is 0 Å². The highest BCUT2D eigenvalue weighted by Gasteiger charge is 2.25. The first kappa shape index (κ1) is 24.3. The molecule has 2 N–H and O–H groups in total. The van der Waals surface area contributed by atoms with Crippen LogP contribution in [0.5, 0.6) is 11.5 Å². The third-order valence-corrected chi connectivity index (χ3v) is 6.93. The molecule has 2 aromatic heterocycles. The van der Waals surface area contributed by atoms with Gasteiger partial charge in [0.05, 0.1) is 28.5 Å². The highest BCUT2D eigenvalue weighted by molar-refractivity contribution is 6.00. The molecule has 5 rings (SSSR count). The van der Waals surface area contributed by atoms with Crippen molar-refractivity contribution >= 4 is 22.8 Å². The number of ether oxygens (including phenoxy) is 1. The summed E-state index contributed by atoms with van der Waals surface area (Å²) < 4.78 is 7.54. The zero-order chi connectivity index (χ0) is 25.8. The number of amides is 1. The van der Waals surface area contributed by atoms with Gasteiger partial charge in [-0.3, -0.25) is 9.69 Å². The fourth-order valence-corrected chi connectivity index (χ4v) is 4.95. The largest absolute Gasteiger partial charge is 0.457 e. The number of nitrogens with zero attached hydrogens (tertiary/aromatic N) is 4. The summed E-state index contributed by atoms with van der Waals surface area (Å²) in [4.78, 5) is 15.5. The Kier molecular flexibility index (Phi) is 7.06. The smallest absolute Gasteiger partial charge is 0.253 e. The number of anilines is 2. The first-order valence-corrected chi connectivity index (χ1v) is 12.6. The molecule has 1 amide bonds. The SMILES string of the molecule is CCN1CCCC1CNC(=O)c1cn2ncc(C#N)c(Nc3ccc(Oc4ccccc4)cc3)c2c1C. The van der Waals surface area contributed by atoms with E-state index in [0.29, 0.717) is 40.7 Å². The summed E-state index contributed by atoms with van der Waals surface area (Å²) in [5, 5.41) is 20.6. The van der Waals surface area contributed by atoms with E-state index in [4.69, 9.17) is 4.74 Å². The number of para-hydroxylation sites is 1. The van der Waals surface area contributed by atoms with Crippen LogP contribution < -0.4 is 15.4 Å². The van der Waals surface area contributed by atoms with E-state index in [-0.39, 0.29) is 5.91 Å². The lowest BCUT2D eigenvalue weighted by molar-refractivity contribution is 0.0941. The van der Waals surface area contributed by atoms with E-state index >= 15 is 0 Å². The zero-order valence-electron chi connectivity index (χ0n) is 21.1. The van der Waals surface area contributed by atoms with E-state index in [1.165, 1.54) is 12.6 Å². The van der Waals surface area contributed by atoms with Gasteiger partial charge in [0.25, 0.3) is 5.91 Å². The number of nitrogens with one attached hydrogen (secondary N) is 2. The fourth-order valence-electron chi connectivity index (χ4n) is 4.95. The van der Waals surface area contributed by atoms with Crippen LogP contribution in [0.4, 0.5) is 11.4 Å². The molecule has 1 saturated heterocycles. The molecule has 37 heavy (non-hydrogen) atoms. The maximum atomic E-state index is 13.1. The molecule has 1 unspecified atom stereocenters. The minimum atomic E-state index is -0.127. The van der Waals surface area contributed by atoms with Gasteiger partial charge in [-0.25, -0.2) is 4.52 Å². The number of aryl methyl sites for hydroxylation is 1. The predicted octanol–water partition coefficient (Wildman–Crippen LogP) is 5.26. The number of rotatable bonds is 8. The quantitative estimate of drug-likeness (QED) is 0.347. The number of likely N-dealkylation sites (N-methyl/N-ethyl adjacent to an activating group) is 1. The standard InChI is InChI=1S/C29H30N6O2/c1-3-34-15-7-8-23(34)18-31-29(36)26-19-35-28(20(26)2)27(21(16-30)17-32-35)33-22-11-13-25(14-12-22)37-24-9-5-4-6-10-24/h4-6,9-14,17,19,23,33H,3,7-8,15,18H2,1-2H3,(H,31,36).